The number of carbonyl (C=O) groups is 1. The van der Waals surface area contributed by atoms with Crippen molar-refractivity contribution in [1.82, 2.24) is 5.32 Å². The molecule has 0 spiro atoms. The highest BCUT2D eigenvalue weighted by atomic mass is 16.6. The van der Waals surface area contributed by atoms with Crippen LogP contribution >= 0.6 is 0 Å². The molecule has 5 nitrogen and oxygen atoms in total. The van der Waals surface area contributed by atoms with Gasteiger partial charge in [-0.25, -0.2) is 0 Å². The van der Waals surface area contributed by atoms with E-state index in [9.17, 15) is 4.79 Å². The van der Waals surface area contributed by atoms with Crippen LogP contribution in [0.1, 0.15) is 45.1 Å². The van der Waals surface area contributed by atoms with Gasteiger partial charge in [-0.1, -0.05) is 37.1 Å². The van der Waals surface area contributed by atoms with E-state index in [1.54, 1.807) is 6.21 Å². The molecule has 2 unspecified atom stereocenters. The predicted octanol–water partition coefficient (Wildman–Crippen LogP) is 3.13. The summed E-state index contributed by atoms with van der Waals surface area (Å²) >= 11 is 0. The summed E-state index contributed by atoms with van der Waals surface area (Å²) in [6.07, 6.45) is 6.24. The maximum atomic E-state index is 11.9. The van der Waals surface area contributed by atoms with Gasteiger partial charge < -0.3 is 14.9 Å². The van der Waals surface area contributed by atoms with E-state index in [1.165, 1.54) is 19.3 Å². The molecule has 5 heteroatoms. The SMILES string of the molecule is CCOc1ccccc1C=NOCC(=O)NC1CCCCC1C. The van der Waals surface area contributed by atoms with Crippen LogP contribution in [0.4, 0.5) is 0 Å². The van der Waals surface area contributed by atoms with E-state index in [2.05, 4.69) is 17.4 Å². The number of hydrogen-bond acceptors (Lipinski definition) is 4. The van der Waals surface area contributed by atoms with E-state index < -0.39 is 0 Å². The maximum absolute atomic E-state index is 11.9. The molecule has 2 rings (SSSR count). The fraction of sp³-hybridized carbons (Fsp3) is 0.556. The van der Waals surface area contributed by atoms with Crippen LogP contribution in [0.3, 0.4) is 0 Å². The standard InChI is InChI=1S/C18H26N2O3/c1-3-22-17-11-7-5-9-15(17)12-19-23-13-18(21)20-16-10-6-4-8-14(16)2/h5,7,9,11-12,14,16H,3-4,6,8,10,13H2,1-2H3,(H,20,21). The average Bonchev–Trinajstić information content (AvgIpc) is 2.55. The Morgan fingerprint density at radius 2 is 2.13 bits per heavy atom. The largest absolute Gasteiger partial charge is 0.493 e. The van der Waals surface area contributed by atoms with Crippen LogP contribution in [0, 0.1) is 5.92 Å². The Balaban J connectivity index is 1.76. The molecule has 1 aromatic carbocycles. The Bertz CT molecular complexity index is 531. The van der Waals surface area contributed by atoms with Crippen molar-refractivity contribution in [2.45, 2.75) is 45.6 Å². The Hall–Kier alpha value is -2.04. The van der Waals surface area contributed by atoms with Crippen LogP contribution in [-0.2, 0) is 9.63 Å². The van der Waals surface area contributed by atoms with Gasteiger partial charge in [0, 0.05) is 11.6 Å². The number of amides is 1. The van der Waals surface area contributed by atoms with Crippen molar-refractivity contribution in [3.05, 3.63) is 29.8 Å². The zero-order valence-electron chi connectivity index (χ0n) is 14.0. The molecule has 1 fully saturated rings. The van der Waals surface area contributed by atoms with Crippen molar-refractivity contribution >= 4 is 12.1 Å². The Kier molecular flexibility index (Phi) is 6.91. The summed E-state index contributed by atoms with van der Waals surface area (Å²) in [7, 11) is 0. The molecule has 0 bridgehead atoms. The van der Waals surface area contributed by atoms with Crippen LogP contribution in [-0.4, -0.2) is 31.4 Å². The van der Waals surface area contributed by atoms with Crippen molar-refractivity contribution < 1.29 is 14.4 Å². The summed E-state index contributed by atoms with van der Waals surface area (Å²) in [6, 6.07) is 7.84. The van der Waals surface area contributed by atoms with Crippen LogP contribution in [0.15, 0.2) is 29.4 Å². The second kappa shape index (κ2) is 9.18. The van der Waals surface area contributed by atoms with E-state index in [1.807, 2.05) is 31.2 Å². The minimum atomic E-state index is -0.112. The number of para-hydroxylation sites is 1. The number of rotatable bonds is 7. The number of oxime groups is 1. The normalized spacial score (nSPS) is 21.1. The predicted molar refractivity (Wildman–Crippen MR) is 90.7 cm³/mol. The van der Waals surface area contributed by atoms with Gasteiger partial charge >= 0.3 is 0 Å². The fourth-order valence-electron chi connectivity index (χ4n) is 2.84. The van der Waals surface area contributed by atoms with E-state index in [0.717, 1.165) is 17.7 Å². The minimum Gasteiger partial charge on any atom is -0.493 e. The molecule has 126 valence electrons. The minimum absolute atomic E-state index is 0.0590. The lowest BCUT2D eigenvalue weighted by Crippen LogP contribution is -2.42. The van der Waals surface area contributed by atoms with Crippen LogP contribution in [0.2, 0.25) is 0 Å². The molecule has 0 aromatic heterocycles. The Labute approximate surface area is 138 Å². The third-order valence-corrected chi connectivity index (χ3v) is 4.14. The van der Waals surface area contributed by atoms with Crippen molar-refractivity contribution in [2.75, 3.05) is 13.2 Å². The first-order valence-corrected chi connectivity index (χ1v) is 8.37. The Morgan fingerprint density at radius 1 is 1.35 bits per heavy atom. The van der Waals surface area contributed by atoms with Crippen molar-refractivity contribution in [1.29, 1.82) is 0 Å². The lowest BCUT2D eigenvalue weighted by molar-refractivity contribution is -0.126. The molecule has 1 saturated carbocycles. The number of hydrogen-bond donors (Lipinski definition) is 1. The molecule has 0 aliphatic heterocycles. The van der Waals surface area contributed by atoms with E-state index >= 15 is 0 Å². The summed E-state index contributed by atoms with van der Waals surface area (Å²) in [5.74, 6) is 1.18. The molecule has 1 aliphatic carbocycles. The first kappa shape index (κ1) is 17.3. The smallest absolute Gasteiger partial charge is 0.261 e. The summed E-state index contributed by atoms with van der Waals surface area (Å²) in [6.45, 7) is 4.65. The van der Waals surface area contributed by atoms with Crippen LogP contribution in [0.5, 0.6) is 5.75 Å². The first-order valence-electron chi connectivity index (χ1n) is 8.37. The zero-order chi connectivity index (χ0) is 16.5. The molecule has 0 saturated heterocycles. The first-order chi connectivity index (χ1) is 11.2. The molecule has 2 atom stereocenters. The van der Waals surface area contributed by atoms with Gasteiger partial charge in [0.1, 0.15) is 5.75 Å². The molecule has 0 heterocycles. The second-order valence-electron chi connectivity index (χ2n) is 5.91. The van der Waals surface area contributed by atoms with Gasteiger partial charge in [-0.15, -0.1) is 0 Å². The lowest BCUT2D eigenvalue weighted by atomic mass is 9.86. The van der Waals surface area contributed by atoms with Gasteiger partial charge in [-0.05, 0) is 37.8 Å². The Morgan fingerprint density at radius 3 is 2.91 bits per heavy atom. The van der Waals surface area contributed by atoms with Gasteiger partial charge in [0.25, 0.3) is 5.91 Å². The molecular weight excluding hydrogens is 292 g/mol. The molecule has 23 heavy (non-hydrogen) atoms. The molecule has 1 N–H and O–H groups in total. The third-order valence-electron chi connectivity index (χ3n) is 4.14. The topological polar surface area (TPSA) is 59.9 Å². The van der Waals surface area contributed by atoms with E-state index in [0.29, 0.717) is 12.5 Å². The fourth-order valence-corrected chi connectivity index (χ4v) is 2.84. The third kappa shape index (κ3) is 5.58. The summed E-state index contributed by atoms with van der Waals surface area (Å²) < 4.78 is 5.50. The van der Waals surface area contributed by atoms with Gasteiger partial charge in [-0.2, -0.15) is 0 Å². The maximum Gasteiger partial charge on any atom is 0.261 e. The molecular formula is C18H26N2O3. The van der Waals surface area contributed by atoms with E-state index in [4.69, 9.17) is 9.57 Å². The molecule has 1 aromatic rings. The van der Waals surface area contributed by atoms with Crippen molar-refractivity contribution in [2.24, 2.45) is 11.1 Å². The average molecular weight is 318 g/mol. The highest BCUT2D eigenvalue weighted by Crippen LogP contribution is 2.23. The monoisotopic (exact) mass is 318 g/mol. The molecule has 1 amide bonds. The number of ether oxygens (including phenoxy) is 1. The van der Waals surface area contributed by atoms with Gasteiger partial charge in [-0.3, -0.25) is 4.79 Å². The highest BCUT2D eigenvalue weighted by molar-refractivity contribution is 5.83. The van der Waals surface area contributed by atoms with Crippen molar-refractivity contribution in [3.63, 3.8) is 0 Å². The van der Waals surface area contributed by atoms with Gasteiger partial charge in [0.05, 0.1) is 12.8 Å². The van der Waals surface area contributed by atoms with Gasteiger partial charge in [0.2, 0.25) is 0 Å². The summed E-state index contributed by atoms with van der Waals surface area (Å²) in [4.78, 5) is 17.0. The lowest BCUT2D eigenvalue weighted by Gasteiger charge is -2.29. The second-order valence-corrected chi connectivity index (χ2v) is 5.91. The molecule has 1 aliphatic rings. The van der Waals surface area contributed by atoms with Crippen LogP contribution in [0.25, 0.3) is 0 Å². The quantitative estimate of drug-likeness (QED) is 0.620. The number of benzene rings is 1. The number of nitrogens with one attached hydrogen (secondary N) is 1. The highest BCUT2D eigenvalue weighted by Gasteiger charge is 2.22. The van der Waals surface area contributed by atoms with Crippen molar-refractivity contribution in [3.8, 4) is 5.75 Å². The summed E-state index contributed by atoms with van der Waals surface area (Å²) in [5, 5.41) is 6.91. The zero-order valence-corrected chi connectivity index (χ0v) is 14.0. The number of carbonyl (C=O) groups excluding carboxylic acids is 1. The van der Waals surface area contributed by atoms with E-state index in [-0.39, 0.29) is 18.6 Å². The summed E-state index contributed by atoms with van der Waals surface area (Å²) in [5.41, 5.74) is 0.829. The number of nitrogens with zero attached hydrogens (tertiary/aromatic N) is 1. The van der Waals surface area contributed by atoms with Crippen LogP contribution < -0.4 is 10.1 Å². The van der Waals surface area contributed by atoms with Gasteiger partial charge in [0.15, 0.2) is 6.61 Å². The molecule has 0 radical (unpaired) electrons.